The molecule has 0 radical (unpaired) electrons. The smallest absolute Gasteiger partial charge is 0.496 e. The first-order valence-electron chi connectivity index (χ1n) is 7.82. The molecule has 0 unspecified atom stereocenters. The lowest BCUT2D eigenvalue weighted by Crippen LogP contribution is -2.54. The minimum absolute atomic E-state index is 0.487. The van der Waals surface area contributed by atoms with E-state index in [4.69, 9.17) is 9.31 Å². The van der Waals surface area contributed by atoms with Gasteiger partial charge in [-0.15, -0.1) is 0 Å². The first-order valence-corrected chi connectivity index (χ1v) is 7.82. The maximum Gasteiger partial charge on any atom is 0.496 e. The van der Waals surface area contributed by atoms with E-state index in [1.807, 2.05) is 60.6 Å². The highest BCUT2D eigenvalue weighted by Crippen LogP contribution is 2.37. The van der Waals surface area contributed by atoms with Crippen LogP contribution in [0.15, 0.2) is 24.3 Å². The fourth-order valence-corrected chi connectivity index (χ4v) is 2.59. The van der Waals surface area contributed by atoms with Crippen molar-refractivity contribution in [3.63, 3.8) is 0 Å². The van der Waals surface area contributed by atoms with Gasteiger partial charge in [-0.2, -0.15) is 0 Å². The summed E-state index contributed by atoms with van der Waals surface area (Å²) in [5, 5.41) is 11.7. The van der Waals surface area contributed by atoms with Crippen molar-refractivity contribution < 1.29 is 19.2 Å². The fourth-order valence-electron chi connectivity index (χ4n) is 2.59. The van der Waals surface area contributed by atoms with Crippen molar-refractivity contribution in [2.75, 3.05) is 4.90 Å². The van der Waals surface area contributed by atoms with Crippen LogP contribution in [0.4, 0.5) is 10.5 Å². The molecule has 1 aromatic carbocycles. The zero-order valence-electron chi connectivity index (χ0n) is 15.0. The van der Waals surface area contributed by atoms with E-state index in [1.54, 1.807) is 12.1 Å². The molecule has 0 spiro atoms. The second-order valence-corrected chi connectivity index (χ2v) is 7.92. The number of anilines is 1. The second kappa shape index (κ2) is 5.53. The molecular formula is C17H25BNO4-. The molecular weight excluding hydrogens is 293 g/mol. The number of carbonyl (C=O) groups excluding carboxylic acids is 1. The Kier molecular flexibility index (Phi) is 4.28. The molecule has 6 heteroatoms. The Hall–Kier alpha value is -1.53. The molecule has 1 aliphatic heterocycles. The van der Waals surface area contributed by atoms with Crippen LogP contribution >= 0.6 is 0 Å². The zero-order chi connectivity index (χ0) is 17.6. The first-order chi connectivity index (χ1) is 10.4. The second-order valence-electron chi connectivity index (χ2n) is 7.92. The lowest BCUT2D eigenvalue weighted by molar-refractivity contribution is -0.247. The molecule has 126 valence electrons. The molecule has 0 saturated carbocycles. The third kappa shape index (κ3) is 3.24. The van der Waals surface area contributed by atoms with Crippen molar-refractivity contribution in [1.82, 2.24) is 0 Å². The van der Waals surface area contributed by atoms with Gasteiger partial charge in [0.15, 0.2) is 0 Å². The fraction of sp³-hybridized carbons (Fsp3) is 0.588. The van der Waals surface area contributed by atoms with Crippen molar-refractivity contribution in [1.29, 1.82) is 0 Å². The number of carbonyl (C=O) groups is 1. The summed E-state index contributed by atoms with van der Waals surface area (Å²) in [5.41, 5.74) is -0.403. The van der Waals surface area contributed by atoms with Crippen molar-refractivity contribution in [2.45, 2.75) is 65.2 Å². The Morgan fingerprint density at radius 3 is 2.00 bits per heavy atom. The first kappa shape index (κ1) is 17.8. The molecule has 23 heavy (non-hydrogen) atoms. The summed E-state index contributed by atoms with van der Waals surface area (Å²) in [7, 11) is -0.625. The lowest BCUT2D eigenvalue weighted by atomic mass is 9.77. The third-order valence-corrected chi connectivity index (χ3v) is 4.54. The Labute approximate surface area is 138 Å². The number of hydrogen-bond donors (Lipinski definition) is 0. The van der Waals surface area contributed by atoms with Gasteiger partial charge in [-0.3, -0.25) is 0 Å². The standard InChI is InChI=1S/C17H26BNO4/c1-15(2,3)19(14(20)21)13-11-9-8-10-12(13)18-22-16(4,5)17(6,7)23-18/h8-11H,1-7H3,(H,20,21)/p-1. The van der Waals surface area contributed by atoms with Gasteiger partial charge in [-0.25, -0.2) is 0 Å². The molecule has 1 amide bonds. The van der Waals surface area contributed by atoms with Crippen LogP contribution in [0.3, 0.4) is 0 Å². The summed E-state index contributed by atoms with van der Waals surface area (Å²) in [6, 6.07) is 7.23. The third-order valence-electron chi connectivity index (χ3n) is 4.54. The van der Waals surface area contributed by atoms with E-state index in [2.05, 4.69) is 0 Å². The van der Waals surface area contributed by atoms with E-state index in [1.165, 1.54) is 4.90 Å². The zero-order valence-corrected chi connectivity index (χ0v) is 15.0. The summed E-state index contributed by atoms with van der Waals surface area (Å²) >= 11 is 0. The summed E-state index contributed by atoms with van der Waals surface area (Å²) in [6.07, 6.45) is -1.25. The van der Waals surface area contributed by atoms with Gasteiger partial charge in [0.05, 0.1) is 11.2 Å². The Balaban J connectivity index is 2.49. The van der Waals surface area contributed by atoms with E-state index < -0.39 is 30.0 Å². The molecule has 0 N–H and O–H groups in total. The quantitative estimate of drug-likeness (QED) is 0.782. The maximum absolute atomic E-state index is 11.7. The number of amides is 1. The van der Waals surface area contributed by atoms with E-state index in [0.29, 0.717) is 11.2 Å². The predicted molar refractivity (Wildman–Crippen MR) is 89.8 cm³/mol. The van der Waals surface area contributed by atoms with Crippen LogP contribution in [0.2, 0.25) is 0 Å². The molecule has 1 aromatic rings. The minimum Gasteiger partial charge on any atom is -0.530 e. The summed E-state index contributed by atoms with van der Waals surface area (Å²) in [4.78, 5) is 12.9. The monoisotopic (exact) mass is 318 g/mol. The van der Waals surface area contributed by atoms with E-state index in [9.17, 15) is 9.90 Å². The van der Waals surface area contributed by atoms with Crippen LogP contribution in [0, 0.1) is 0 Å². The highest BCUT2D eigenvalue weighted by Gasteiger charge is 2.52. The van der Waals surface area contributed by atoms with Gasteiger partial charge in [-0.1, -0.05) is 18.2 Å². The van der Waals surface area contributed by atoms with Crippen LogP contribution in [-0.2, 0) is 9.31 Å². The van der Waals surface area contributed by atoms with Crippen molar-refractivity contribution >= 4 is 24.4 Å². The van der Waals surface area contributed by atoms with Gasteiger partial charge in [0.2, 0.25) is 0 Å². The van der Waals surface area contributed by atoms with Crippen molar-refractivity contribution in [2.24, 2.45) is 0 Å². The van der Waals surface area contributed by atoms with E-state index >= 15 is 0 Å². The molecule has 1 heterocycles. The number of hydrogen-bond acceptors (Lipinski definition) is 4. The molecule has 2 rings (SSSR count). The van der Waals surface area contributed by atoms with Gasteiger partial charge in [0.1, 0.15) is 6.09 Å². The number of nitrogens with zero attached hydrogens (tertiary/aromatic N) is 1. The molecule has 1 aliphatic rings. The van der Waals surface area contributed by atoms with Crippen LogP contribution in [0.1, 0.15) is 48.5 Å². The Bertz CT molecular complexity index is 591. The van der Waals surface area contributed by atoms with E-state index in [0.717, 1.165) is 0 Å². The van der Waals surface area contributed by atoms with Crippen LogP contribution in [-0.4, -0.2) is 30.0 Å². The lowest BCUT2D eigenvalue weighted by Gasteiger charge is -2.39. The largest absolute Gasteiger partial charge is 0.530 e. The molecule has 0 bridgehead atoms. The maximum atomic E-state index is 11.7. The number of rotatable bonds is 2. The minimum atomic E-state index is -1.25. The molecule has 1 saturated heterocycles. The normalized spacial score (nSPS) is 19.7. The topological polar surface area (TPSA) is 61.8 Å². The summed E-state index contributed by atoms with van der Waals surface area (Å²) in [6.45, 7) is 13.3. The van der Waals surface area contributed by atoms with E-state index in [-0.39, 0.29) is 0 Å². The number of para-hydroxylation sites is 1. The van der Waals surface area contributed by atoms with Crippen LogP contribution in [0.5, 0.6) is 0 Å². The highest BCUT2D eigenvalue weighted by molar-refractivity contribution is 6.64. The SMILES string of the molecule is CC(C)(C)N(C(=O)[O-])c1ccccc1B1OC(C)(C)C(C)(C)O1. The number of benzene rings is 1. The molecule has 0 aliphatic carbocycles. The predicted octanol–water partition coefficient (Wildman–Crippen LogP) is 1.93. The molecule has 1 fully saturated rings. The van der Waals surface area contributed by atoms with Crippen molar-refractivity contribution in [3.8, 4) is 0 Å². The van der Waals surface area contributed by atoms with Gasteiger partial charge >= 0.3 is 7.12 Å². The number of carboxylic acid groups (broad SMARTS) is 1. The summed E-state index contributed by atoms with van der Waals surface area (Å²) in [5.74, 6) is 0. The molecule has 0 atom stereocenters. The van der Waals surface area contributed by atoms with Gasteiger partial charge in [0.25, 0.3) is 0 Å². The van der Waals surface area contributed by atoms with Gasteiger partial charge in [-0.05, 0) is 54.5 Å². The average molecular weight is 318 g/mol. The molecule has 0 aromatic heterocycles. The average Bonchev–Trinajstić information content (AvgIpc) is 2.56. The molecule has 5 nitrogen and oxygen atoms in total. The van der Waals surface area contributed by atoms with Gasteiger partial charge < -0.3 is 24.1 Å². The van der Waals surface area contributed by atoms with Crippen LogP contribution < -0.4 is 15.5 Å². The Morgan fingerprint density at radius 2 is 1.57 bits per heavy atom. The summed E-state index contributed by atoms with van der Waals surface area (Å²) < 4.78 is 12.1. The Morgan fingerprint density at radius 1 is 1.09 bits per heavy atom. The van der Waals surface area contributed by atoms with Crippen LogP contribution in [0.25, 0.3) is 0 Å². The van der Waals surface area contributed by atoms with Gasteiger partial charge in [0, 0.05) is 16.7 Å². The van der Waals surface area contributed by atoms with Crippen molar-refractivity contribution in [3.05, 3.63) is 24.3 Å². The highest BCUT2D eigenvalue weighted by atomic mass is 16.7.